The average Bonchev–Trinajstić information content (AvgIpc) is 3.08. The van der Waals surface area contributed by atoms with Crippen molar-refractivity contribution in [2.45, 2.75) is 77.6 Å². The molecule has 1 N–H and O–H groups in total. The standard InChI is InChI=1S/C23H31N3O3S/c1-14(20(28)29)10-11-16(24-6)26(19(27)15-8-7-9-15)21-25-17-18(30-21)23(4,5)13-12-22(17,2)3/h10-11,15H,6-9,12-13H2,1-5H3,(H,28,29)/b14-10+,16-11+. The quantitative estimate of drug-likeness (QED) is 0.383. The van der Waals surface area contributed by atoms with Crippen molar-refractivity contribution in [2.75, 3.05) is 4.90 Å². The zero-order valence-corrected chi connectivity index (χ0v) is 19.3. The third kappa shape index (κ3) is 4.13. The highest BCUT2D eigenvalue weighted by Gasteiger charge is 2.42. The van der Waals surface area contributed by atoms with E-state index < -0.39 is 5.97 Å². The second-order valence-corrected chi connectivity index (χ2v) is 10.6. The Morgan fingerprint density at radius 3 is 2.33 bits per heavy atom. The summed E-state index contributed by atoms with van der Waals surface area (Å²) in [5.41, 5.74) is 1.14. The molecule has 3 rings (SSSR count). The Morgan fingerprint density at radius 2 is 1.83 bits per heavy atom. The first-order valence-corrected chi connectivity index (χ1v) is 11.2. The van der Waals surface area contributed by atoms with Gasteiger partial charge in [-0.1, -0.05) is 34.1 Å². The molecule has 162 valence electrons. The molecule has 0 aromatic carbocycles. The lowest BCUT2D eigenvalue weighted by atomic mass is 9.69. The van der Waals surface area contributed by atoms with E-state index in [1.165, 1.54) is 17.9 Å². The Morgan fingerprint density at radius 1 is 1.20 bits per heavy atom. The number of carboxylic acid groups (broad SMARTS) is 1. The maximum atomic E-state index is 13.4. The zero-order valence-electron chi connectivity index (χ0n) is 18.5. The summed E-state index contributed by atoms with van der Waals surface area (Å²) in [6, 6.07) is 0. The molecule has 2 aliphatic carbocycles. The molecule has 1 amide bonds. The van der Waals surface area contributed by atoms with E-state index in [0.29, 0.717) is 11.0 Å². The summed E-state index contributed by atoms with van der Waals surface area (Å²) in [6.45, 7) is 14.0. The van der Waals surface area contributed by atoms with Gasteiger partial charge in [-0.25, -0.2) is 19.7 Å². The Bertz CT molecular complexity index is 902. The van der Waals surface area contributed by atoms with Crippen molar-refractivity contribution in [3.05, 3.63) is 34.1 Å². The summed E-state index contributed by atoms with van der Waals surface area (Å²) in [5.74, 6) is -0.793. The molecule has 0 radical (unpaired) electrons. The van der Waals surface area contributed by atoms with Gasteiger partial charge in [0.1, 0.15) is 5.82 Å². The summed E-state index contributed by atoms with van der Waals surface area (Å²) in [6.07, 6.45) is 7.84. The molecule has 1 fully saturated rings. The highest BCUT2D eigenvalue weighted by atomic mass is 32.1. The molecular formula is C23H31N3O3S. The van der Waals surface area contributed by atoms with Gasteiger partial charge in [-0.15, -0.1) is 11.3 Å². The number of aliphatic carboxylic acids is 1. The van der Waals surface area contributed by atoms with Crippen LogP contribution in [0.3, 0.4) is 0 Å². The number of nitrogens with zero attached hydrogens (tertiary/aromatic N) is 3. The minimum absolute atomic E-state index is 0.00274. The molecule has 6 nitrogen and oxygen atoms in total. The number of hydrogen-bond donors (Lipinski definition) is 1. The Balaban J connectivity index is 2.12. The molecule has 1 aromatic rings. The third-order valence-electron chi connectivity index (χ3n) is 6.32. The van der Waals surface area contributed by atoms with E-state index in [1.807, 2.05) is 0 Å². The molecule has 1 aromatic heterocycles. The van der Waals surface area contributed by atoms with E-state index in [4.69, 9.17) is 10.1 Å². The molecule has 30 heavy (non-hydrogen) atoms. The van der Waals surface area contributed by atoms with E-state index in [0.717, 1.165) is 37.8 Å². The van der Waals surface area contributed by atoms with Crippen molar-refractivity contribution in [1.29, 1.82) is 0 Å². The fourth-order valence-corrected chi connectivity index (χ4v) is 5.18. The number of anilines is 1. The number of thiazole rings is 1. The van der Waals surface area contributed by atoms with Gasteiger partial charge in [-0.2, -0.15) is 0 Å². The summed E-state index contributed by atoms with van der Waals surface area (Å²) in [7, 11) is 0. The van der Waals surface area contributed by atoms with Crippen LogP contribution < -0.4 is 4.90 Å². The number of rotatable bonds is 6. The van der Waals surface area contributed by atoms with Gasteiger partial charge in [-0.3, -0.25) is 4.79 Å². The van der Waals surface area contributed by atoms with Gasteiger partial charge >= 0.3 is 5.97 Å². The van der Waals surface area contributed by atoms with Crippen LogP contribution in [0, 0.1) is 5.92 Å². The van der Waals surface area contributed by atoms with Crippen LogP contribution >= 0.6 is 11.3 Å². The number of allylic oxidation sites excluding steroid dienone is 2. The second kappa shape index (κ2) is 8.10. The Hall–Kier alpha value is -2.28. The number of fused-ring (bicyclic) bond motifs is 1. The van der Waals surface area contributed by atoms with Crippen LogP contribution in [0.15, 0.2) is 28.5 Å². The first-order valence-electron chi connectivity index (χ1n) is 10.4. The van der Waals surface area contributed by atoms with Gasteiger partial charge in [0.05, 0.1) is 5.69 Å². The van der Waals surface area contributed by atoms with E-state index in [-0.39, 0.29) is 28.2 Å². The number of hydrogen-bond acceptors (Lipinski definition) is 5. The van der Waals surface area contributed by atoms with Crippen molar-refractivity contribution >= 4 is 35.1 Å². The minimum Gasteiger partial charge on any atom is -0.478 e. The van der Waals surface area contributed by atoms with Gasteiger partial charge in [0.2, 0.25) is 5.91 Å². The van der Waals surface area contributed by atoms with E-state index in [9.17, 15) is 9.59 Å². The van der Waals surface area contributed by atoms with E-state index >= 15 is 0 Å². The summed E-state index contributed by atoms with van der Waals surface area (Å²) in [5, 5.41) is 9.76. The molecule has 0 spiro atoms. The molecule has 0 saturated heterocycles. The molecule has 1 saturated carbocycles. The number of carboxylic acids is 1. The molecule has 1 heterocycles. The van der Waals surface area contributed by atoms with Gasteiger partial charge in [0, 0.05) is 27.2 Å². The summed E-state index contributed by atoms with van der Waals surface area (Å²) >= 11 is 1.55. The number of amides is 1. The SMILES string of the molecule is C=N/C(=C\C=C(/C)C(=O)O)N(C(=O)C1CCC1)c1nc2c(s1)C(C)(C)CCC2(C)C. The Labute approximate surface area is 182 Å². The van der Waals surface area contributed by atoms with Crippen molar-refractivity contribution in [1.82, 2.24) is 4.98 Å². The molecule has 0 aliphatic heterocycles. The summed E-state index contributed by atoms with van der Waals surface area (Å²) < 4.78 is 0. The average molecular weight is 430 g/mol. The molecule has 2 aliphatic rings. The smallest absolute Gasteiger partial charge is 0.331 e. The lowest BCUT2D eigenvalue weighted by molar-refractivity contribution is -0.132. The number of carbonyl (C=O) groups excluding carboxylic acids is 1. The van der Waals surface area contributed by atoms with Gasteiger partial charge in [-0.05, 0) is 51.5 Å². The highest BCUT2D eigenvalue weighted by molar-refractivity contribution is 7.16. The van der Waals surface area contributed by atoms with Crippen LogP contribution in [0.2, 0.25) is 0 Å². The van der Waals surface area contributed by atoms with Crippen LogP contribution in [0.25, 0.3) is 0 Å². The Kier molecular flexibility index (Phi) is 6.05. The zero-order chi connectivity index (χ0) is 22.3. The predicted molar refractivity (Wildman–Crippen MR) is 121 cm³/mol. The fraction of sp³-hybridized carbons (Fsp3) is 0.565. The van der Waals surface area contributed by atoms with E-state index in [1.54, 1.807) is 22.3 Å². The topological polar surface area (TPSA) is 82.9 Å². The number of aromatic nitrogens is 1. The van der Waals surface area contributed by atoms with Crippen LogP contribution in [0.1, 0.15) is 77.3 Å². The monoisotopic (exact) mass is 429 g/mol. The molecule has 0 bridgehead atoms. The van der Waals surface area contributed by atoms with Crippen molar-refractivity contribution < 1.29 is 14.7 Å². The predicted octanol–water partition coefficient (Wildman–Crippen LogP) is 5.20. The van der Waals surface area contributed by atoms with Crippen molar-refractivity contribution in [2.24, 2.45) is 10.9 Å². The van der Waals surface area contributed by atoms with Crippen molar-refractivity contribution in [3.8, 4) is 0 Å². The van der Waals surface area contributed by atoms with Crippen LogP contribution in [0.5, 0.6) is 0 Å². The first kappa shape index (κ1) is 22.4. The fourth-order valence-electron chi connectivity index (χ4n) is 3.79. The molecule has 0 atom stereocenters. The lowest BCUT2D eigenvalue weighted by Crippen LogP contribution is -2.38. The maximum Gasteiger partial charge on any atom is 0.331 e. The summed E-state index contributed by atoms with van der Waals surface area (Å²) in [4.78, 5) is 36.3. The van der Waals surface area contributed by atoms with E-state index in [2.05, 4.69) is 39.4 Å². The maximum absolute atomic E-state index is 13.4. The normalized spacial score (nSPS) is 20.8. The van der Waals surface area contributed by atoms with Crippen LogP contribution in [-0.2, 0) is 20.4 Å². The lowest BCUT2D eigenvalue weighted by Gasteiger charge is -2.37. The van der Waals surface area contributed by atoms with Gasteiger partial charge in [0.25, 0.3) is 0 Å². The second-order valence-electron chi connectivity index (χ2n) is 9.58. The third-order valence-corrected chi connectivity index (χ3v) is 7.73. The van der Waals surface area contributed by atoms with Gasteiger partial charge < -0.3 is 5.11 Å². The minimum atomic E-state index is -1.01. The number of aliphatic imine (C=N–C) groups is 1. The van der Waals surface area contributed by atoms with Crippen LogP contribution in [-0.4, -0.2) is 28.7 Å². The van der Waals surface area contributed by atoms with Gasteiger partial charge in [0.15, 0.2) is 5.13 Å². The van der Waals surface area contributed by atoms with Crippen molar-refractivity contribution in [3.63, 3.8) is 0 Å². The molecule has 7 heteroatoms. The van der Waals surface area contributed by atoms with Crippen LogP contribution in [0.4, 0.5) is 5.13 Å². The molecule has 0 unspecified atom stereocenters. The highest BCUT2D eigenvalue weighted by Crippen LogP contribution is 2.50. The largest absolute Gasteiger partial charge is 0.478 e. The first-order chi connectivity index (χ1) is 14.0. The molecular weight excluding hydrogens is 398 g/mol. The number of carbonyl (C=O) groups is 2.